The van der Waals surface area contributed by atoms with Crippen molar-refractivity contribution in [2.45, 2.75) is 25.7 Å². The monoisotopic (exact) mass is 85.1 g/mol. The first kappa shape index (κ1) is 4.19. The summed E-state index contributed by atoms with van der Waals surface area (Å²) in [7, 11) is 0.470. The predicted molar refractivity (Wildman–Crippen MR) is 29.4 cm³/mol. The third kappa shape index (κ3) is 0.746. The number of nitrogens with two attached hydrogens (primary N) is 1. The van der Waals surface area contributed by atoms with Crippen molar-refractivity contribution in [2.75, 3.05) is 0 Å². The van der Waals surface area contributed by atoms with E-state index in [1.165, 1.54) is 6.42 Å². The fourth-order valence-electron chi connectivity index (χ4n) is 1.36. The molecule has 0 amide bonds. The van der Waals surface area contributed by atoms with Gasteiger partial charge < -0.3 is 5.23 Å². The molecule has 2 N–H and O–H groups in total. The zero-order valence-electron chi connectivity index (χ0n) is 4.57. The summed E-state index contributed by atoms with van der Waals surface area (Å²) < 4.78 is 0. The Morgan fingerprint density at radius 2 is 2.67 bits per heavy atom. The molecule has 0 saturated carbocycles. The van der Waals surface area contributed by atoms with Gasteiger partial charge in [0.1, 0.15) is 0 Å². The minimum atomic E-state index is 0.470. The number of hydrogen-bond donors (Lipinski definition) is 1. The molecule has 1 rings (SSSR count). The molecule has 1 atom stereocenters. The summed E-state index contributed by atoms with van der Waals surface area (Å²) in [4.78, 5) is 0. The van der Waals surface area contributed by atoms with Crippen LogP contribution in [0.3, 0.4) is 0 Å². The summed E-state index contributed by atoms with van der Waals surface area (Å²) in [6.45, 7) is 2.32. The van der Waals surface area contributed by atoms with Crippen molar-refractivity contribution in [1.29, 1.82) is 0 Å². The summed E-state index contributed by atoms with van der Waals surface area (Å²) in [5, 5.41) is 2.53. The third-order valence-corrected chi connectivity index (χ3v) is 1.84. The summed E-state index contributed by atoms with van der Waals surface area (Å²) in [5.74, 6) is 0. The second-order valence-corrected chi connectivity index (χ2v) is 2.51. The van der Waals surface area contributed by atoms with Crippen LogP contribution in [0.15, 0.2) is 0 Å². The lowest BCUT2D eigenvalue weighted by molar-refractivity contribution is -0.541. The van der Waals surface area contributed by atoms with Crippen molar-refractivity contribution in [2.24, 2.45) is 0 Å². The molecule has 2 heteroatoms. The van der Waals surface area contributed by atoms with Gasteiger partial charge in [0.25, 0.3) is 0 Å². The molecular formula is C4H12BN. The van der Waals surface area contributed by atoms with E-state index in [1.807, 2.05) is 0 Å². The normalized spacial score (nSPS) is 34.5. The van der Waals surface area contributed by atoms with Crippen LogP contribution in [0.2, 0.25) is 6.32 Å². The topological polar surface area (TPSA) is 16.6 Å². The van der Waals surface area contributed by atoms with E-state index >= 15 is 0 Å². The molecule has 1 heterocycles. The molecule has 1 unspecified atom stereocenters. The van der Waals surface area contributed by atoms with Crippen LogP contribution < -0.4 is 5.23 Å². The SMILES string of the molecule is CC1CC[BH2-][NH2+]1. The maximum Gasteiger partial charge on any atom is 0.180 e. The van der Waals surface area contributed by atoms with Gasteiger partial charge in [-0.3, -0.25) is 0 Å². The van der Waals surface area contributed by atoms with E-state index < -0.39 is 0 Å². The molecule has 36 valence electrons. The first-order chi connectivity index (χ1) is 2.89. The second kappa shape index (κ2) is 1.65. The average Bonchev–Trinajstić information content (AvgIpc) is 1.86. The van der Waals surface area contributed by atoms with Crippen molar-refractivity contribution in [1.82, 2.24) is 0 Å². The Kier molecular flexibility index (Phi) is 1.15. The van der Waals surface area contributed by atoms with Crippen LogP contribution in [0, 0.1) is 0 Å². The zero-order valence-corrected chi connectivity index (χ0v) is 4.57. The number of hydrogen-bond acceptors (Lipinski definition) is 0. The Balaban J connectivity index is 2.18. The van der Waals surface area contributed by atoms with Gasteiger partial charge in [-0.2, -0.15) is 0 Å². The first-order valence-electron chi connectivity index (χ1n) is 3.10. The van der Waals surface area contributed by atoms with Gasteiger partial charge in [-0.15, -0.1) is 6.32 Å². The van der Waals surface area contributed by atoms with Crippen LogP contribution in [-0.4, -0.2) is 13.5 Å². The lowest BCUT2D eigenvalue weighted by Gasteiger charge is -1.99. The molecule has 0 spiro atoms. The minimum absolute atomic E-state index is 0.470. The third-order valence-electron chi connectivity index (χ3n) is 1.84. The molecule has 1 aliphatic heterocycles. The molecule has 0 aromatic rings. The van der Waals surface area contributed by atoms with Gasteiger partial charge in [0, 0.05) is 6.04 Å². The van der Waals surface area contributed by atoms with E-state index in [0.717, 1.165) is 6.04 Å². The summed E-state index contributed by atoms with van der Waals surface area (Å²) in [6.07, 6.45) is 3.04. The molecule has 1 nitrogen and oxygen atoms in total. The highest BCUT2D eigenvalue weighted by atomic mass is 14.8. The Labute approximate surface area is 39.4 Å². The van der Waals surface area contributed by atoms with E-state index in [4.69, 9.17) is 0 Å². The van der Waals surface area contributed by atoms with Gasteiger partial charge in [0.2, 0.25) is 0 Å². The van der Waals surface area contributed by atoms with Crippen molar-refractivity contribution < 1.29 is 5.23 Å². The molecule has 0 aromatic heterocycles. The van der Waals surface area contributed by atoms with E-state index in [-0.39, 0.29) is 0 Å². The van der Waals surface area contributed by atoms with Crippen molar-refractivity contribution in [3.63, 3.8) is 0 Å². The minimum Gasteiger partial charge on any atom is -0.539 e. The van der Waals surface area contributed by atoms with E-state index in [9.17, 15) is 0 Å². The Morgan fingerprint density at radius 3 is 2.83 bits per heavy atom. The first-order valence-corrected chi connectivity index (χ1v) is 3.10. The molecule has 6 heavy (non-hydrogen) atoms. The molecule has 0 bridgehead atoms. The quantitative estimate of drug-likeness (QED) is 0.357. The smallest absolute Gasteiger partial charge is 0.180 e. The van der Waals surface area contributed by atoms with Crippen LogP contribution in [0.1, 0.15) is 13.3 Å². The summed E-state index contributed by atoms with van der Waals surface area (Å²) in [6, 6.07) is 0.977. The van der Waals surface area contributed by atoms with Crippen molar-refractivity contribution in [3.8, 4) is 0 Å². The van der Waals surface area contributed by atoms with Crippen molar-refractivity contribution in [3.05, 3.63) is 0 Å². The molecular weight excluding hydrogens is 72.9 g/mol. The fraction of sp³-hybridized carbons (Fsp3) is 1.00. The van der Waals surface area contributed by atoms with Gasteiger partial charge in [-0.05, 0) is 13.3 Å². The van der Waals surface area contributed by atoms with Gasteiger partial charge >= 0.3 is 0 Å². The highest BCUT2D eigenvalue weighted by Gasteiger charge is 2.05. The van der Waals surface area contributed by atoms with Gasteiger partial charge in [-0.25, -0.2) is 0 Å². The molecule has 0 radical (unpaired) electrons. The van der Waals surface area contributed by atoms with E-state index in [0.29, 0.717) is 7.41 Å². The largest absolute Gasteiger partial charge is 0.539 e. The van der Waals surface area contributed by atoms with Crippen LogP contribution >= 0.6 is 0 Å². The molecule has 1 aliphatic rings. The van der Waals surface area contributed by atoms with E-state index in [1.54, 1.807) is 6.32 Å². The van der Waals surface area contributed by atoms with Crippen LogP contribution in [-0.2, 0) is 0 Å². The molecule has 0 aliphatic carbocycles. The Bertz CT molecular complexity index is 40.8. The zero-order chi connectivity index (χ0) is 4.41. The lowest BCUT2D eigenvalue weighted by Crippen LogP contribution is -2.87. The van der Waals surface area contributed by atoms with Gasteiger partial charge in [0.15, 0.2) is 7.41 Å². The van der Waals surface area contributed by atoms with Crippen LogP contribution in [0.5, 0.6) is 0 Å². The highest BCUT2D eigenvalue weighted by Crippen LogP contribution is 1.93. The lowest BCUT2D eigenvalue weighted by atomic mass is 9.94. The summed E-state index contributed by atoms with van der Waals surface area (Å²) in [5.41, 5.74) is 0. The summed E-state index contributed by atoms with van der Waals surface area (Å²) >= 11 is 0. The Hall–Kier alpha value is 0.0249. The Morgan fingerprint density at radius 1 is 1.83 bits per heavy atom. The maximum atomic E-state index is 2.53. The maximum absolute atomic E-state index is 2.53. The number of quaternary nitrogens is 1. The number of rotatable bonds is 0. The van der Waals surface area contributed by atoms with E-state index in [2.05, 4.69) is 12.2 Å². The fourth-order valence-corrected chi connectivity index (χ4v) is 1.36. The predicted octanol–water partition coefficient (Wildman–Crippen LogP) is -1.16. The van der Waals surface area contributed by atoms with Crippen LogP contribution in [0.4, 0.5) is 0 Å². The van der Waals surface area contributed by atoms with Gasteiger partial charge in [-0.1, -0.05) is 0 Å². The molecule has 1 saturated heterocycles. The standard InChI is InChI=1S/C4H12BN/c1-4-2-3-5-6-4/h4H,2-3,5-6H2,1H3. The van der Waals surface area contributed by atoms with Gasteiger partial charge in [0.05, 0.1) is 0 Å². The van der Waals surface area contributed by atoms with Crippen molar-refractivity contribution >= 4 is 7.41 Å². The molecule has 0 aromatic carbocycles. The average molecular weight is 85.0 g/mol. The van der Waals surface area contributed by atoms with Crippen LogP contribution in [0.25, 0.3) is 0 Å². The second-order valence-electron chi connectivity index (χ2n) is 2.51. The molecule has 1 fully saturated rings. The highest BCUT2D eigenvalue weighted by molar-refractivity contribution is 6.24.